The SMILES string of the molecule is COc1ccc(N2C(=O)C(=O)/C(=C(/O)c3ccc(Cl)c(OC)c3)C2c2ccc(F)cc2)cc1Cl. The summed E-state index contributed by atoms with van der Waals surface area (Å²) in [6, 6.07) is 13.3. The highest BCUT2D eigenvalue weighted by molar-refractivity contribution is 6.52. The molecule has 1 N–H and O–H groups in total. The van der Waals surface area contributed by atoms with Crippen LogP contribution in [0.2, 0.25) is 10.0 Å². The Balaban J connectivity index is 1.94. The van der Waals surface area contributed by atoms with Crippen LogP contribution in [-0.2, 0) is 9.59 Å². The zero-order chi connectivity index (χ0) is 24.6. The van der Waals surface area contributed by atoms with Crippen molar-refractivity contribution in [1.82, 2.24) is 0 Å². The highest BCUT2D eigenvalue weighted by Gasteiger charge is 2.47. The van der Waals surface area contributed by atoms with Crippen LogP contribution in [0.15, 0.2) is 66.2 Å². The predicted octanol–water partition coefficient (Wildman–Crippen LogP) is 5.78. The molecule has 174 valence electrons. The molecule has 1 saturated heterocycles. The third-order valence-corrected chi connectivity index (χ3v) is 6.08. The fourth-order valence-electron chi connectivity index (χ4n) is 3.83. The lowest BCUT2D eigenvalue weighted by Gasteiger charge is -2.26. The smallest absolute Gasteiger partial charge is 0.300 e. The Kier molecular flexibility index (Phi) is 6.50. The molecule has 0 bridgehead atoms. The molecule has 1 aliphatic rings. The highest BCUT2D eigenvalue weighted by atomic mass is 35.5. The van der Waals surface area contributed by atoms with Gasteiger partial charge in [0, 0.05) is 11.3 Å². The molecule has 0 saturated carbocycles. The summed E-state index contributed by atoms with van der Waals surface area (Å²) in [6.07, 6.45) is 0. The van der Waals surface area contributed by atoms with Crippen LogP contribution < -0.4 is 14.4 Å². The Labute approximate surface area is 204 Å². The first kappa shape index (κ1) is 23.6. The molecule has 1 amide bonds. The molecule has 1 heterocycles. The first-order chi connectivity index (χ1) is 16.3. The van der Waals surface area contributed by atoms with Crippen molar-refractivity contribution in [2.24, 2.45) is 0 Å². The summed E-state index contributed by atoms with van der Waals surface area (Å²) in [4.78, 5) is 27.6. The second-order valence-corrected chi connectivity index (χ2v) is 8.20. The van der Waals surface area contributed by atoms with E-state index >= 15 is 0 Å². The largest absolute Gasteiger partial charge is 0.507 e. The molecule has 0 spiro atoms. The van der Waals surface area contributed by atoms with Gasteiger partial charge in [-0.05, 0) is 54.1 Å². The molecule has 1 fully saturated rings. The Morgan fingerprint density at radius 3 is 2.21 bits per heavy atom. The molecule has 3 aromatic carbocycles. The molecular formula is C25H18Cl2FNO5. The van der Waals surface area contributed by atoms with Gasteiger partial charge in [0.05, 0.1) is 35.9 Å². The molecule has 1 aliphatic heterocycles. The van der Waals surface area contributed by atoms with Gasteiger partial charge in [-0.25, -0.2) is 4.39 Å². The van der Waals surface area contributed by atoms with Gasteiger partial charge in [-0.3, -0.25) is 14.5 Å². The maximum Gasteiger partial charge on any atom is 0.300 e. The van der Waals surface area contributed by atoms with Gasteiger partial charge in [-0.15, -0.1) is 0 Å². The number of carbonyl (C=O) groups is 2. The number of amides is 1. The fourth-order valence-corrected chi connectivity index (χ4v) is 4.27. The Hall–Kier alpha value is -3.55. The first-order valence-corrected chi connectivity index (χ1v) is 10.8. The summed E-state index contributed by atoms with van der Waals surface area (Å²) in [5.41, 5.74) is 0.761. The van der Waals surface area contributed by atoms with E-state index in [4.69, 9.17) is 32.7 Å². The number of rotatable bonds is 5. The fraction of sp³-hybridized carbons (Fsp3) is 0.120. The van der Waals surface area contributed by atoms with Crippen LogP contribution in [0, 0.1) is 5.82 Å². The van der Waals surface area contributed by atoms with Gasteiger partial charge >= 0.3 is 0 Å². The number of carbonyl (C=O) groups excluding carboxylic acids is 2. The number of ether oxygens (including phenoxy) is 2. The number of anilines is 1. The quantitative estimate of drug-likeness (QED) is 0.272. The predicted molar refractivity (Wildman–Crippen MR) is 127 cm³/mol. The molecule has 0 radical (unpaired) electrons. The van der Waals surface area contributed by atoms with Crippen LogP contribution in [0.25, 0.3) is 5.76 Å². The zero-order valence-electron chi connectivity index (χ0n) is 18.0. The molecule has 1 atom stereocenters. The number of aliphatic hydroxyl groups excluding tert-OH is 1. The maximum atomic E-state index is 13.7. The molecule has 0 aliphatic carbocycles. The minimum absolute atomic E-state index is 0.173. The number of halogens is 3. The topological polar surface area (TPSA) is 76.1 Å². The Morgan fingerprint density at radius 2 is 1.59 bits per heavy atom. The maximum absolute atomic E-state index is 13.7. The van der Waals surface area contributed by atoms with Crippen LogP contribution >= 0.6 is 23.2 Å². The number of nitrogens with zero attached hydrogens (tertiary/aromatic N) is 1. The van der Waals surface area contributed by atoms with Crippen LogP contribution in [0.4, 0.5) is 10.1 Å². The van der Waals surface area contributed by atoms with E-state index < -0.39 is 29.3 Å². The van der Waals surface area contributed by atoms with Crippen molar-refractivity contribution in [2.75, 3.05) is 19.1 Å². The molecular weight excluding hydrogens is 484 g/mol. The van der Waals surface area contributed by atoms with E-state index in [0.29, 0.717) is 22.0 Å². The summed E-state index contributed by atoms with van der Waals surface area (Å²) in [5, 5.41) is 11.7. The summed E-state index contributed by atoms with van der Waals surface area (Å²) in [6.45, 7) is 0. The lowest BCUT2D eigenvalue weighted by Crippen LogP contribution is -2.29. The minimum atomic E-state index is -1.05. The Morgan fingerprint density at radius 1 is 0.912 bits per heavy atom. The Bertz CT molecular complexity index is 1320. The van der Waals surface area contributed by atoms with Gasteiger partial charge in [0.1, 0.15) is 23.1 Å². The van der Waals surface area contributed by atoms with Gasteiger partial charge in [0.15, 0.2) is 0 Å². The monoisotopic (exact) mass is 501 g/mol. The lowest BCUT2D eigenvalue weighted by molar-refractivity contribution is -0.132. The van der Waals surface area contributed by atoms with Gasteiger partial charge in [-0.2, -0.15) is 0 Å². The standard InChI is InChI=1S/C25H18Cl2FNO5/c1-33-19-10-8-16(12-18(19)27)29-22(13-3-6-15(28)7-4-13)21(24(31)25(29)32)23(30)14-5-9-17(26)20(11-14)34-2/h3-12,22,30H,1-2H3/b23-21+. The average Bonchev–Trinajstić information content (AvgIpc) is 3.09. The number of hydrogen-bond donors (Lipinski definition) is 1. The van der Waals surface area contributed by atoms with Crippen molar-refractivity contribution in [3.05, 3.63) is 93.2 Å². The third kappa shape index (κ3) is 4.08. The van der Waals surface area contributed by atoms with E-state index in [2.05, 4.69) is 0 Å². The van der Waals surface area contributed by atoms with Crippen molar-refractivity contribution in [2.45, 2.75) is 6.04 Å². The third-order valence-electron chi connectivity index (χ3n) is 5.47. The van der Waals surface area contributed by atoms with Crippen molar-refractivity contribution in [3.8, 4) is 11.5 Å². The number of ketones is 1. The van der Waals surface area contributed by atoms with E-state index in [1.54, 1.807) is 12.1 Å². The van der Waals surface area contributed by atoms with Gasteiger partial charge in [0.25, 0.3) is 11.7 Å². The van der Waals surface area contributed by atoms with Crippen molar-refractivity contribution < 1.29 is 28.6 Å². The van der Waals surface area contributed by atoms with Crippen LogP contribution in [0.3, 0.4) is 0 Å². The highest BCUT2D eigenvalue weighted by Crippen LogP contribution is 2.44. The van der Waals surface area contributed by atoms with Crippen molar-refractivity contribution in [3.63, 3.8) is 0 Å². The zero-order valence-corrected chi connectivity index (χ0v) is 19.5. The number of methoxy groups -OCH3 is 2. The van der Waals surface area contributed by atoms with E-state index in [9.17, 15) is 19.1 Å². The van der Waals surface area contributed by atoms with Gasteiger partial charge < -0.3 is 14.6 Å². The first-order valence-electron chi connectivity index (χ1n) is 10.0. The van der Waals surface area contributed by atoms with E-state index in [-0.39, 0.29) is 21.9 Å². The summed E-state index contributed by atoms with van der Waals surface area (Å²) in [7, 11) is 2.86. The van der Waals surface area contributed by atoms with Crippen LogP contribution in [0.5, 0.6) is 11.5 Å². The molecule has 3 aromatic rings. The van der Waals surface area contributed by atoms with Crippen molar-refractivity contribution >= 4 is 46.3 Å². The molecule has 6 nitrogen and oxygen atoms in total. The van der Waals surface area contributed by atoms with Crippen LogP contribution in [-0.4, -0.2) is 31.0 Å². The molecule has 4 rings (SSSR count). The molecule has 9 heteroatoms. The van der Waals surface area contributed by atoms with E-state index in [0.717, 1.165) is 0 Å². The van der Waals surface area contributed by atoms with Gasteiger partial charge in [0.2, 0.25) is 0 Å². The number of benzene rings is 3. The van der Waals surface area contributed by atoms with Gasteiger partial charge in [-0.1, -0.05) is 35.3 Å². The second kappa shape index (κ2) is 9.37. The molecule has 34 heavy (non-hydrogen) atoms. The number of hydrogen-bond acceptors (Lipinski definition) is 5. The lowest BCUT2D eigenvalue weighted by atomic mass is 9.95. The second-order valence-electron chi connectivity index (χ2n) is 7.39. The average molecular weight is 502 g/mol. The molecule has 1 unspecified atom stereocenters. The van der Waals surface area contributed by atoms with Crippen molar-refractivity contribution in [1.29, 1.82) is 0 Å². The normalized spacial score (nSPS) is 17.2. The number of Topliss-reactive ketones (excluding diaryl/α,β-unsaturated/α-hetero) is 1. The molecule has 0 aromatic heterocycles. The van der Waals surface area contributed by atoms with E-state index in [1.807, 2.05) is 0 Å². The minimum Gasteiger partial charge on any atom is -0.507 e. The van der Waals surface area contributed by atoms with Crippen LogP contribution in [0.1, 0.15) is 17.2 Å². The summed E-state index contributed by atoms with van der Waals surface area (Å²) >= 11 is 12.3. The summed E-state index contributed by atoms with van der Waals surface area (Å²) < 4.78 is 24.0. The van der Waals surface area contributed by atoms with E-state index in [1.165, 1.54) is 67.7 Å². The summed E-state index contributed by atoms with van der Waals surface area (Å²) in [5.74, 6) is -2.04. The number of aliphatic hydroxyl groups is 1.